The summed E-state index contributed by atoms with van der Waals surface area (Å²) in [6, 6.07) is 9.41. The fraction of sp³-hybridized carbons (Fsp3) is 0.154. The fourth-order valence-electron chi connectivity index (χ4n) is 1.64. The van der Waals surface area contributed by atoms with Gasteiger partial charge in [-0.3, -0.25) is 4.98 Å². The van der Waals surface area contributed by atoms with Crippen LogP contribution in [0.4, 0.5) is 0 Å². The largest absolute Gasteiger partial charge is 0.497 e. The molecule has 1 unspecified atom stereocenters. The monoisotopic (exact) mass is 278 g/mol. The lowest BCUT2D eigenvalue weighted by Crippen LogP contribution is -2.22. The SMILES string of the molecule is COc1ccc(S(=O)(=O)C(N)c2cccnc2)cc1. The van der Waals surface area contributed by atoms with Gasteiger partial charge in [-0.2, -0.15) is 0 Å². The molecule has 0 aliphatic rings. The van der Waals surface area contributed by atoms with Crippen LogP contribution in [0.3, 0.4) is 0 Å². The Morgan fingerprint density at radius 1 is 1.21 bits per heavy atom. The van der Waals surface area contributed by atoms with Crippen molar-refractivity contribution in [2.45, 2.75) is 10.3 Å². The van der Waals surface area contributed by atoms with Crippen molar-refractivity contribution in [3.8, 4) is 5.75 Å². The number of hydrogen-bond acceptors (Lipinski definition) is 5. The molecule has 5 nitrogen and oxygen atoms in total. The standard InChI is InChI=1S/C13H14N2O3S/c1-18-11-4-6-12(7-5-11)19(16,17)13(14)10-3-2-8-15-9-10/h2-9,13H,14H2,1H3. The van der Waals surface area contributed by atoms with Gasteiger partial charge in [0.1, 0.15) is 11.1 Å². The molecule has 1 aromatic carbocycles. The molecular weight excluding hydrogens is 264 g/mol. The van der Waals surface area contributed by atoms with E-state index in [0.717, 1.165) is 0 Å². The second-order valence-electron chi connectivity index (χ2n) is 3.93. The Bertz CT molecular complexity index is 639. The summed E-state index contributed by atoms with van der Waals surface area (Å²) in [7, 11) is -2.12. The highest BCUT2D eigenvalue weighted by molar-refractivity contribution is 7.91. The number of sulfone groups is 1. The van der Waals surface area contributed by atoms with Crippen molar-refractivity contribution in [1.29, 1.82) is 0 Å². The normalized spacial score (nSPS) is 12.9. The van der Waals surface area contributed by atoms with Gasteiger partial charge in [0.15, 0.2) is 9.84 Å². The van der Waals surface area contributed by atoms with E-state index in [0.29, 0.717) is 11.3 Å². The summed E-state index contributed by atoms with van der Waals surface area (Å²) in [5, 5.41) is -1.13. The van der Waals surface area contributed by atoms with Crippen molar-refractivity contribution in [2.75, 3.05) is 7.11 Å². The zero-order valence-corrected chi connectivity index (χ0v) is 11.2. The van der Waals surface area contributed by atoms with E-state index in [1.54, 1.807) is 30.5 Å². The summed E-state index contributed by atoms with van der Waals surface area (Å²) in [6.45, 7) is 0. The molecule has 2 aromatic rings. The van der Waals surface area contributed by atoms with E-state index in [1.165, 1.54) is 25.4 Å². The summed E-state index contributed by atoms with van der Waals surface area (Å²) >= 11 is 0. The Labute approximate surface area is 112 Å². The van der Waals surface area contributed by atoms with Crippen molar-refractivity contribution in [3.05, 3.63) is 54.4 Å². The van der Waals surface area contributed by atoms with E-state index < -0.39 is 15.2 Å². The van der Waals surface area contributed by atoms with E-state index in [1.807, 2.05) is 0 Å². The fourth-order valence-corrected chi connectivity index (χ4v) is 2.94. The Kier molecular flexibility index (Phi) is 3.82. The molecule has 0 spiro atoms. The molecule has 100 valence electrons. The van der Waals surface area contributed by atoms with Crippen molar-refractivity contribution < 1.29 is 13.2 Å². The number of rotatable bonds is 4. The third-order valence-electron chi connectivity index (χ3n) is 2.74. The number of pyridine rings is 1. The molecule has 0 saturated heterocycles. The molecule has 0 aliphatic carbocycles. The third-order valence-corrected chi connectivity index (χ3v) is 4.61. The number of benzene rings is 1. The highest BCUT2D eigenvalue weighted by Crippen LogP contribution is 2.25. The van der Waals surface area contributed by atoms with Gasteiger partial charge in [-0.1, -0.05) is 6.07 Å². The minimum absolute atomic E-state index is 0.157. The minimum atomic E-state index is -3.63. The topological polar surface area (TPSA) is 82.3 Å². The molecule has 1 heterocycles. The molecule has 0 fully saturated rings. The van der Waals surface area contributed by atoms with Crippen LogP contribution in [0.15, 0.2) is 53.7 Å². The molecule has 0 radical (unpaired) electrons. The lowest BCUT2D eigenvalue weighted by atomic mass is 10.3. The molecule has 1 atom stereocenters. The average Bonchev–Trinajstić information content (AvgIpc) is 2.47. The maximum atomic E-state index is 12.3. The lowest BCUT2D eigenvalue weighted by molar-refractivity contribution is 0.414. The first-order chi connectivity index (χ1) is 9.05. The molecule has 0 bridgehead atoms. The second kappa shape index (κ2) is 5.38. The number of hydrogen-bond donors (Lipinski definition) is 1. The molecule has 0 aliphatic heterocycles. The first-order valence-corrected chi connectivity index (χ1v) is 7.14. The summed E-state index contributed by atoms with van der Waals surface area (Å²) in [6.07, 6.45) is 3.02. The van der Waals surface area contributed by atoms with Gasteiger partial charge in [0, 0.05) is 18.0 Å². The summed E-state index contributed by atoms with van der Waals surface area (Å²) < 4.78 is 29.7. The van der Waals surface area contributed by atoms with Gasteiger partial charge in [-0.15, -0.1) is 0 Å². The number of nitrogens with two attached hydrogens (primary N) is 1. The smallest absolute Gasteiger partial charge is 0.198 e. The molecule has 2 N–H and O–H groups in total. The van der Waals surface area contributed by atoms with Crippen LogP contribution in [0, 0.1) is 0 Å². The zero-order valence-electron chi connectivity index (χ0n) is 10.4. The van der Waals surface area contributed by atoms with Crippen LogP contribution in [-0.4, -0.2) is 20.5 Å². The van der Waals surface area contributed by atoms with Crippen molar-refractivity contribution in [2.24, 2.45) is 5.73 Å². The zero-order chi connectivity index (χ0) is 13.9. The van der Waals surface area contributed by atoms with Gasteiger partial charge in [0.05, 0.1) is 12.0 Å². The maximum Gasteiger partial charge on any atom is 0.198 e. The van der Waals surface area contributed by atoms with E-state index in [-0.39, 0.29) is 4.90 Å². The number of nitrogens with zero attached hydrogens (tertiary/aromatic N) is 1. The lowest BCUT2D eigenvalue weighted by Gasteiger charge is -2.13. The highest BCUT2D eigenvalue weighted by atomic mass is 32.2. The molecule has 0 saturated carbocycles. The quantitative estimate of drug-likeness (QED) is 0.917. The van der Waals surface area contributed by atoms with Crippen LogP contribution < -0.4 is 10.5 Å². The first kappa shape index (κ1) is 13.5. The number of aromatic nitrogens is 1. The minimum Gasteiger partial charge on any atom is -0.497 e. The van der Waals surface area contributed by atoms with Gasteiger partial charge >= 0.3 is 0 Å². The highest BCUT2D eigenvalue weighted by Gasteiger charge is 2.25. The molecule has 0 amide bonds. The van der Waals surface area contributed by atoms with Crippen LogP contribution in [0.25, 0.3) is 0 Å². The Morgan fingerprint density at radius 3 is 2.42 bits per heavy atom. The molecule has 2 rings (SSSR count). The van der Waals surface area contributed by atoms with E-state index in [2.05, 4.69) is 4.98 Å². The van der Waals surface area contributed by atoms with Crippen molar-refractivity contribution in [3.63, 3.8) is 0 Å². The van der Waals surface area contributed by atoms with E-state index in [4.69, 9.17) is 10.5 Å². The Hall–Kier alpha value is -1.92. The maximum absolute atomic E-state index is 12.3. The Morgan fingerprint density at radius 2 is 1.89 bits per heavy atom. The third kappa shape index (κ3) is 2.74. The predicted octanol–water partition coefficient (Wildman–Crippen LogP) is 1.52. The van der Waals surface area contributed by atoms with Gasteiger partial charge < -0.3 is 10.5 Å². The number of methoxy groups -OCH3 is 1. The Balaban J connectivity index is 2.36. The van der Waals surface area contributed by atoms with Crippen LogP contribution in [0.1, 0.15) is 10.9 Å². The number of ether oxygens (including phenoxy) is 1. The summed E-state index contributed by atoms with van der Waals surface area (Å²) in [5.74, 6) is 0.592. The van der Waals surface area contributed by atoms with Crippen LogP contribution >= 0.6 is 0 Å². The van der Waals surface area contributed by atoms with Gasteiger partial charge in [0.2, 0.25) is 0 Å². The summed E-state index contributed by atoms with van der Waals surface area (Å²) in [4.78, 5) is 4.03. The van der Waals surface area contributed by atoms with Gasteiger partial charge in [-0.05, 0) is 30.3 Å². The van der Waals surface area contributed by atoms with E-state index in [9.17, 15) is 8.42 Å². The average molecular weight is 278 g/mol. The van der Waals surface area contributed by atoms with Crippen molar-refractivity contribution in [1.82, 2.24) is 4.98 Å². The second-order valence-corrected chi connectivity index (χ2v) is 6.00. The van der Waals surface area contributed by atoms with Crippen LogP contribution in [0.5, 0.6) is 5.75 Å². The molecule has 6 heteroatoms. The van der Waals surface area contributed by atoms with Crippen LogP contribution in [-0.2, 0) is 9.84 Å². The van der Waals surface area contributed by atoms with E-state index >= 15 is 0 Å². The van der Waals surface area contributed by atoms with Gasteiger partial charge in [-0.25, -0.2) is 8.42 Å². The summed E-state index contributed by atoms with van der Waals surface area (Å²) in [5.41, 5.74) is 6.27. The first-order valence-electron chi connectivity index (χ1n) is 5.59. The predicted molar refractivity (Wildman–Crippen MR) is 71.3 cm³/mol. The van der Waals surface area contributed by atoms with Crippen LogP contribution in [0.2, 0.25) is 0 Å². The molecular formula is C13H14N2O3S. The van der Waals surface area contributed by atoms with Crippen molar-refractivity contribution >= 4 is 9.84 Å². The van der Waals surface area contributed by atoms with Gasteiger partial charge in [0.25, 0.3) is 0 Å². The molecule has 19 heavy (non-hydrogen) atoms. The molecule has 1 aromatic heterocycles.